The molecule has 2 heterocycles. The molecule has 0 saturated heterocycles. The number of aldehydes is 1. The van der Waals surface area contributed by atoms with E-state index in [1.807, 2.05) is 30.3 Å². The Bertz CT molecular complexity index is 915. The zero-order chi connectivity index (χ0) is 21.9. The van der Waals surface area contributed by atoms with Crippen molar-refractivity contribution in [1.29, 1.82) is 5.26 Å². The van der Waals surface area contributed by atoms with E-state index in [1.54, 1.807) is 25.1 Å². The third-order valence-corrected chi connectivity index (χ3v) is 4.80. The quantitative estimate of drug-likeness (QED) is 0.435. The number of amides is 1. The second-order valence-corrected chi connectivity index (χ2v) is 6.96. The fourth-order valence-electron chi connectivity index (χ4n) is 2.94. The van der Waals surface area contributed by atoms with Crippen LogP contribution in [0.1, 0.15) is 18.9 Å². The smallest absolute Gasteiger partial charge is 0.410 e. The highest BCUT2D eigenvalue weighted by atomic mass is 32.1. The van der Waals surface area contributed by atoms with Crippen LogP contribution < -0.4 is 10.1 Å². The third kappa shape index (κ3) is 6.16. The van der Waals surface area contributed by atoms with Gasteiger partial charge in [0.2, 0.25) is 0 Å². The Labute approximate surface area is 182 Å². The molecule has 0 radical (unpaired) electrons. The average molecular weight is 428 g/mol. The van der Waals surface area contributed by atoms with Crippen molar-refractivity contribution < 1.29 is 19.1 Å². The summed E-state index contributed by atoms with van der Waals surface area (Å²) in [5, 5.41) is 11.9. The molecule has 0 bridgehead atoms. The second kappa shape index (κ2) is 11.7. The second-order valence-electron chi connectivity index (χ2n) is 6.42. The van der Waals surface area contributed by atoms with Gasteiger partial charge >= 0.3 is 6.09 Å². The summed E-state index contributed by atoms with van der Waals surface area (Å²) in [5.41, 5.74) is 3.11. The summed E-state index contributed by atoms with van der Waals surface area (Å²) in [6.45, 7) is 3.45. The molecule has 0 fully saturated rings. The molecule has 0 unspecified atom stereocenters. The Balaban J connectivity index is 0.000000230. The van der Waals surface area contributed by atoms with Crippen LogP contribution in [0.5, 0.6) is 5.75 Å². The van der Waals surface area contributed by atoms with Gasteiger partial charge in [0.25, 0.3) is 0 Å². The molecule has 1 amide bonds. The van der Waals surface area contributed by atoms with E-state index in [1.165, 1.54) is 0 Å². The van der Waals surface area contributed by atoms with E-state index in [4.69, 9.17) is 14.7 Å². The first-order valence-electron chi connectivity index (χ1n) is 9.52. The van der Waals surface area contributed by atoms with Gasteiger partial charge in [0.1, 0.15) is 24.7 Å². The molecule has 7 nitrogen and oxygen atoms in total. The normalized spacial score (nSPS) is 15.5. The molecule has 0 saturated carbocycles. The average Bonchev–Trinajstić information content (AvgIpc) is 2.78. The van der Waals surface area contributed by atoms with Gasteiger partial charge in [-0.2, -0.15) is 5.26 Å². The van der Waals surface area contributed by atoms with Gasteiger partial charge in [0, 0.05) is 35.8 Å². The summed E-state index contributed by atoms with van der Waals surface area (Å²) in [4.78, 5) is 24.3. The maximum Gasteiger partial charge on any atom is 0.410 e. The molecular formula is C22H25N3O4S. The van der Waals surface area contributed by atoms with Gasteiger partial charge in [0.05, 0.1) is 18.7 Å². The van der Waals surface area contributed by atoms with Crippen LogP contribution in [0.25, 0.3) is 6.08 Å². The molecule has 2 aliphatic heterocycles. The number of nitrogens with zero attached hydrogens (tertiary/aromatic N) is 2. The Morgan fingerprint density at radius 1 is 1.43 bits per heavy atom. The number of nitrogens with one attached hydrogen (secondary N) is 1. The molecule has 30 heavy (non-hydrogen) atoms. The van der Waals surface area contributed by atoms with Gasteiger partial charge < -0.3 is 19.7 Å². The van der Waals surface area contributed by atoms with E-state index in [0.717, 1.165) is 28.1 Å². The van der Waals surface area contributed by atoms with Crippen LogP contribution in [0.15, 0.2) is 52.1 Å². The number of nitriles is 1. The highest BCUT2D eigenvalue weighted by molar-refractivity contribution is 7.84. The largest absolute Gasteiger partial charge is 0.488 e. The molecule has 1 aromatic carbocycles. The minimum Gasteiger partial charge on any atom is -0.488 e. The van der Waals surface area contributed by atoms with E-state index < -0.39 is 0 Å². The van der Waals surface area contributed by atoms with E-state index in [2.05, 4.69) is 24.0 Å². The van der Waals surface area contributed by atoms with Crippen LogP contribution in [0.3, 0.4) is 0 Å². The van der Waals surface area contributed by atoms with E-state index >= 15 is 0 Å². The minimum atomic E-state index is -0.334. The number of hydrogen-bond acceptors (Lipinski definition) is 7. The molecule has 0 aliphatic carbocycles. The summed E-state index contributed by atoms with van der Waals surface area (Å²) in [6.07, 6.45) is 4.60. The van der Waals surface area contributed by atoms with Crippen molar-refractivity contribution in [2.45, 2.75) is 13.3 Å². The number of carbonyl (C=O) groups is 2. The maximum absolute atomic E-state index is 11.6. The summed E-state index contributed by atoms with van der Waals surface area (Å²) in [5.74, 6) is 0.850. The van der Waals surface area contributed by atoms with Crippen LogP contribution >= 0.6 is 12.6 Å². The standard InChI is InChI=1S/C12H17N3O2S.C10H8O2/c1-3-17-12(16)15-5-4-10(11(18)8-15)9(6-13)7-14-2;11-6-8-5-9-3-1-2-4-10(9)12-7-8/h7,14,18H,3-5,8H2,1-2H3;1-6H,7H2/b9-7+;. The molecule has 158 valence electrons. The zero-order valence-electron chi connectivity index (χ0n) is 17.1. The number of carbonyl (C=O) groups excluding carboxylic acids is 2. The zero-order valence-corrected chi connectivity index (χ0v) is 17.9. The molecular weight excluding hydrogens is 402 g/mol. The summed E-state index contributed by atoms with van der Waals surface area (Å²) in [6, 6.07) is 9.79. The maximum atomic E-state index is 11.6. The van der Waals surface area contributed by atoms with Crippen LogP contribution in [-0.2, 0) is 9.53 Å². The Morgan fingerprint density at radius 3 is 2.83 bits per heavy atom. The Morgan fingerprint density at radius 2 is 2.20 bits per heavy atom. The van der Waals surface area contributed by atoms with Gasteiger partial charge in [-0.25, -0.2) is 4.79 Å². The molecule has 8 heteroatoms. The van der Waals surface area contributed by atoms with Crippen molar-refractivity contribution in [1.82, 2.24) is 10.2 Å². The number of hydrogen-bond donors (Lipinski definition) is 2. The third-order valence-electron chi connectivity index (χ3n) is 4.39. The molecule has 3 rings (SSSR count). The highest BCUT2D eigenvalue weighted by Crippen LogP contribution is 2.26. The molecule has 0 aromatic heterocycles. The summed E-state index contributed by atoms with van der Waals surface area (Å²) in [7, 11) is 1.74. The van der Waals surface area contributed by atoms with E-state index in [-0.39, 0.29) is 6.09 Å². The Hall–Kier alpha value is -3.18. The van der Waals surface area contributed by atoms with Crippen LogP contribution in [0, 0.1) is 11.3 Å². The predicted molar refractivity (Wildman–Crippen MR) is 118 cm³/mol. The fourth-order valence-corrected chi connectivity index (χ4v) is 3.34. The first-order valence-corrected chi connectivity index (χ1v) is 9.96. The fraction of sp³-hybridized carbons (Fsp3) is 0.318. The highest BCUT2D eigenvalue weighted by Gasteiger charge is 2.23. The number of benzene rings is 1. The van der Waals surface area contributed by atoms with Gasteiger partial charge in [0.15, 0.2) is 0 Å². The van der Waals surface area contributed by atoms with E-state index in [0.29, 0.717) is 43.9 Å². The van der Waals surface area contributed by atoms with Gasteiger partial charge in [-0.3, -0.25) is 4.79 Å². The number of fused-ring (bicyclic) bond motifs is 1. The number of thiol groups is 1. The monoisotopic (exact) mass is 427 g/mol. The van der Waals surface area contributed by atoms with Crippen molar-refractivity contribution in [3.63, 3.8) is 0 Å². The van der Waals surface area contributed by atoms with Crippen LogP contribution in [0.2, 0.25) is 0 Å². The van der Waals surface area contributed by atoms with Crippen molar-refractivity contribution in [2.75, 3.05) is 33.4 Å². The molecule has 1 aromatic rings. The van der Waals surface area contributed by atoms with Gasteiger partial charge in [-0.15, -0.1) is 12.6 Å². The van der Waals surface area contributed by atoms with E-state index in [9.17, 15) is 9.59 Å². The number of ether oxygens (including phenoxy) is 2. The lowest BCUT2D eigenvalue weighted by molar-refractivity contribution is -0.105. The number of rotatable bonds is 4. The number of para-hydroxylation sites is 1. The lowest BCUT2D eigenvalue weighted by atomic mass is 10.0. The first kappa shape index (κ1) is 23.1. The number of allylic oxidation sites excluding steroid dienone is 1. The topological polar surface area (TPSA) is 91.7 Å². The minimum absolute atomic E-state index is 0.334. The predicted octanol–water partition coefficient (Wildman–Crippen LogP) is 3.32. The van der Waals surface area contributed by atoms with Crippen LogP contribution in [0.4, 0.5) is 4.79 Å². The van der Waals surface area contributed by atoms with Gasteiger partial charge in [-0.1, -0.05) is 18.2 Å². The van der Waals surface area contributed by atoms with Crippen molar-refractivity contribution in [3.05, 3.63) is 57.7 Å². The van der Waals surface area contributed by atoms with Crippen LogP contribution in [-0.4, -0.2) is 50.6 Å². The molecule has 1 N–H and O–H groups in total. The molecule has 2 aliphatic rings. The lowest BCUT2D eigenvalue weighted by Crippen LogP contribution is -2.37. The lowest BCUT2D eigenvalue weighted by Gasteiger charge is -2.28. The Kier molecular flexibility index (Phi) is 9.03. The summed E-state index contributed by atoms with van der Waals surface area (Å²) >= 11 is 4.37. The SMILES string of the molecule is CCOC(=O)N1CCC(/C(C#N)=C/NC)=C(S)C1.O=CC1=Cc2ccccc2OC1. The first-order chi connectivity index (χ1) is 14.5. The van der Waals surface area contributed by atoms with Crippen molar-refractivity contribution >= 4 is 31.1 Å². The van der Waals surface area contributed by atoms with Gasteiger partial charge in [-0.05, 0) is 31.1 Å². The molecule has 0 spiro atoms. The summed E-state index contributed by atoms with van der Waals surface area (Å²) < 4.78 is 10.3. The van der Waals surface area contributed by atoms with Crippen molar-refractivity contribution in [2.24, 2.45) is 0 Å². The molecule has 0 atom stereocenters. The van der Waals surface area contributed by atoms with Crippen molar-refractivity contribution in [3.8, 4) is 11.8 Å².